The SMILES string of the molecule is Cc1[nH]c2ccc(CCN3CCC(O)CC3)cc2c1C(=O)OC(C)c1ccccc1Cl. The van der Waals surface area contributed by atoms with Crippen LogP contribution in [0.2, 0.25) is 5.02 Å². The second-order valence-corrected chi connectivity index (χ2v) is 8.80. The quantitative estimate of drug-likeness (QED) is 0.526. The number of aliphatic hydroxyl groups excluding tert-OH is 1. The molecule has 0 saturated carbocycles. The highest BCUT2D eigenvalue weighted by Crippen LogP contribution is 2.29. The Morgan fingerprint density at radius 1 is 1.26 bits per heavy atom. The van der Waals surface area contributed by atoms with Crippen molar-refractivity contribution in [3.63, 3.8) is 0 Å². The number of H-pyrrole nitrogens is 1. The molecule has 0 aliphatic carbocycles. The van der Waals surface area contributed by atoms with Crippen LogP contribution >= 0.6 is 11.6 Å². The minimum Gasteiger partial charge on any atom is -0.454 e. The van der Waals surface area contributed by atoms with Crippen molar-refractivity contribution in [2.75, 3.05) is 19.6 Å². The van der Waals surface area contributed by atoms with E-state index in [0.717, 1.165) is 61.1 Å². The Hall–Kier alpha value is -2.34. The number of fused-ring (bicyclic) bond motifs is 1. The lowest BCUT2D eigenvalue weighted by atomic mass is 10.0. The summed E-state index contributed by atoms with van der Waals surface area (Å²) in [7, 11) is 0. The predicted octanol–water partition coefficient (Wildman–Crippen LogP) is 5.05. The van der Waals surface area contributed by atoms with Crippen molar-refractivity contribution in [1.29, 1.82) is 0 Å². The molecule has 2 heterocycles. The topological polar surface area (TPSA) is 65.6 Å². The van der Waals surface area contributed by atoms with E-state index in [9.17, 15) is 9.90 Å². The first-order valence-corrected chi connectivity index (χ1v) is 11.3. The van der Waals surface area contributed by atoms with Gasteiger partial charge in [0.25, 0.3) is 0 Å². The van der Waals surface area contributed by atoms with E-state index in [1.165, 1.54) is 5.56 Å². The average Bonchev–Trinajstić information content (AvgIpc) is 3.08. The normalized spacial score (nSPS) is 16.5. The molecule has 3 aromatic rings. The van der Waals surface area contributed by atoms with Gasteiger partial charge in [0.1, 0.15) is 6.10 Å². The van der Waals surface area contributed by atoms with E-state index in [1.807, 2.05) is 38.1 Å². The summed E-state index contributed by atoms with van der Waals surface area (Å²) in [5.41, 5.74) is 4.29. The Morgan fingerprint density at radius 2 is 2.00 bits per heavy atom. The van der Waals surface area contributed by atoms with E-state index in [1.54, 1.807) is 6.07 Å². The second kappa shape index (κ2) is 9.43. The lowest BCUT2D eigenvalue weighted by Gasteiger charge is -2.29. The Morgan fingerprint density at radius 3 is 2.74 bits per heavy atom. The number of aromatic nitrogens is 1. The van der Waals surface area contributed by atoms with Gasteiger partial charge in [0.15, 0.2) is 0 Å². The third-order valence-electron chi connectivity index (χ3n) is 6.16. The first-order chi connectivity index (χ1) is 14.9. The number of nitrogens with zero attached hydrogens (tertiary/aromatic N) is 1. The van der Waals surface area contributed by atoms with Crippen LogP contribution < -0.4 is 0 Å². The molecule has 2 aromatic carbocycles. The molecule has 1 unspecified atom stereocenters. The number of aromatic amines is 1. The molecule has 1 aliphatic rings. The molecule has 1 atom stereocenters. The molecule has 0 radical (unpaired) electrons. The van der Waals surface area contributed by atoms with Gasteiger partial charge in [0, 0.05) is 46.8 Å². The van der Waals surface area contributed by atoms with Gasteiger partial charge in [-0.3, -0.25) is 0 Å². The van der Waals surface area contributed by atoms with Crippen LogP contribution in [0.25, 0.3) is 10.9 Å². The first-order valence-electron chi connectivity index (χ1n) is 10.9. The number of hydrogen-bond donors (Lipinski definition) is 2. The van der Waals surface area contributed by atoms with Gasteiger partial charge in [-0.05, 0) is 56.9 Å². The molecule has 6 heteroatoms. The lowest BCUT2D eigenvalue weighted by Crippen LogP contribution is -2.37. The molecule has 31 heavy (non-hydrogen) atoms. The van der Waals surface area contributed by atoms with E-state index < -0.39 is 6.10 Å². The third-order valence-corrected chi connectivity index (χ3v) is 6.50. The summed E-state index contributed by atoms with van der Waals surface area (Å²) in [5, 5.41) is 11.2. The van der Waals surface area contributed by atoms with Gasteiger partial charge in [-0.25, -0.2) is 4.79 Å². The van der Waals surface area contributed by atoms with Crippen molar-refractivity contribution in [3.05, 3.63) is 69.9 Å². The van der Waals surface area contributed by atoms with Crippen LogP contribution in [0.3, 0.4) is 0 Å². The Kier molecular flexibility index (Phi) is 6.65. The van der Waals surface area contributed by atoms with E-state index in [2.05, 4.69) is 22.0 Å². The van der Waals surface area contributed by atoms with Crippen molar-refractivity contribution in [3.8, 4) is 0 Å². The standard InChI is InChI=1S/C25H29ClN2O3/c1-16-24(25(30)31-17(2)20-5-3-4-6-22(20)26)21-15-18(7-8-23(21)27-16)9-12-28-13-10-19(29)11-14-28/h3-8,15,17,19,27,29H,9-14H2,1-2H3. The van der Waals surface area contributed by atoms with E-state index in [4.69, 9.17) is 16.3 Å². The maximum atomic E-state index is 13.1. The summed E-state index contributed by atoms with van der Waals surface area (Å²) >= 11 is 6.27. The van der Waals surface area contributed by atoms with Crippen molar-refractivity contribution in [2.24, 2.45) is 0 Å². The number of carbonyl (C=O) groups excluding carboxylic acids is 1. The summed E-state index contributed by atoms with van der Waals surface area (Å²) < 4.78 is 5.78. The maximum Gasteiger partial charge on any atom is 0.341 e. The van der Waals surface area contributed by atoms with Crippen LogP contribution in [0.1, 0.15) is 53.0 Å². The Labute approximate surface area is 188 Å². The second-order valence-electron chi connectivity index (χ2n) is 8.40. The lowest BCUT2D eigenvalue weighted by molar-refractivity contribution is 0.0339. The molecule has 0 amide bonds. The summed E-state index contributed by atoms with van der Waals surface area (Å²) in [4.78, 5) is 18.8. The number of piperidine rings is 1. The molecular weight excluding hydrogens is 412 g/mol. The van der Waals surface area contributed by atoms with Crippen molar-refractivity contribution >= 4 is 28.5 Å². The molecular formula is C25H29ClN2O3. The number of carbonyl (C=O) groups is 1. The van der Waals surface area contributed by atoms with Gasteiger partial charge in [0.2, 0.25) is 0 Å². The summed E-state index contributed by atoms with van der Waals surface area (Å²) in [6.07, 6.45) is 1.99. The number of ether oxygens (including phenoxy) is 1. The fourth-order valence-electron chi connectivity index (χ4n) is 4.31. The van der Waals surface area contributed by atoms with Crippen LogP contribution in [0.4, 0.5) is 0 Å². The molecule has 1 aliphatic heterocycles. The number of halogens is 1. The molecule has 2 N–H and O–H groups in total. The molecule has 4 rings (SSSR count). The van der Waals surface area contributed by atoms with Gasteiger partial charge in [-0.15, -0.1) is 0 Å². The number of nitrogens with one attached hydrogen (secondary N) is 1. The number of likely N-dealkylation sites (tertiary alicyclic amines) is 1. The number of esters is 1. The van der Waals surface area contributed by atoms with Gasteiger partial charge in [-0.2, -0.15) is 0 Å². The predicted molar refractivity (Wildman–Crippen MR) is 124 cm³/mol. The van der Waals surface area contributed by atoms with Crippen LogP contribution in [0.15, 0.2) is 42.5 Å². The zero-order chi connectivity index (χ0) is 22.0. The number of benzene rings is 2. The van der Waals surface area contributed by atoms with Gasteiger partial charge in [-0.1, -0.05) is 35.9 Å². The molecule has 164 valence electrons. The molecule has 5 nitrogen and oxygen atoms in total. The summed E-state index contributed by atoms with van der Waals surface area (Å²) in [6.45, 7) is 6.55. The molecule has 0 spiro atoms. The van der Waals surface area contributed by atoms with E-state index in [0.29, 0.717) is 10.6 Å². The minimum absolute atomic E-state index is 0.155. The van der Waals surface area contributed by atoms with Gasteiger partial charge >= 0.3 is 5.97 Å². The monoisotopic (exact) mass is 440 g/mol. The highest BCUT2D eigenvalue weighted by molar-refractivity contribution is 6.31. The Bertz CT molecular complexity index is 1070. The Balaban J connectivity index is 1.50. The smallest absolute Gasteiger partial charge is 0.341 e. The van der Waals surface area contributed by atoms with Crippen LogP contribution in [-0.2, 0) is 11.2 Å². The fourth-order valence-corrected chi connectivity index (χ4v) is 4.60. The van der Waals surface area contributed by atoms with Crippen LogP contribution in [-0.4, -0.2) is 46.7 Å². The van der Waals surface area contributed by atoms with E-state index in [-0.39, 0.29) is 12.1 Å². The largest absolute Gasteiger partial charge is 0.454 e. The molecule has 0 bridgehead atoms. The highest BCUT2D eigenvalue weighted by atomic mass is 35.5. The first kappa shape index (κ1) is 21.9. The summed E-state index contributed by atoms with van der Waals surface area (Å²) in [5.74, 6) is -0.349. The van der Waals surface area contributed by atoms with Crippen LogP contribution in [0.5, 0.6) is 0 Å². The number of hydrogen-bond acceptors (Lipinski definition) is 4. The summed E-state index contributed by atoms with van der Waals surface area (Å²) in [6, 6.07) is 13.7. The zero-order valence-corrected chi connectivity index (χ0v) is 18.8. The molecule has 1 fully saturated rings. The molecule has 1 aromatic heterocycles. The van der Waals surface area contributed by atoms with Crippen LogP contribution in [0, 0.1) is 6.92 Å². The van der Waals surface area contributed by atoms with Crippen molar-refractivity contribution in [2.45, 2.75) is 45.3 Å². The van der Waals surface area contributed by atoms with Crippen molar-refractivity contribution in [1.82, 2.24) is 9.88 Å². The number of rotatable bonds is 6. The highest BCUT2D eigenvalue weighted by Gasteiger charge is 2.22. The van der Waals surface area contributed by atoms with E-state index >= 15 is 0 Å². The number of aryl methyl sites for hydroxylation is 1. The van der Waals surface area contributed by atoms with Crippen molar-refractivity contribution < 1.29 is 14.6 Å². The third kappa shape index (κ3) is 4.95. The number of aliphatic hydroxyl groups is 1. The maximum absolute atomic E-state index is 13.1. The van der Waals surface area contributed by atoms with Gasteiger partial charge in [0.05, 0.1) is 11.7 Å². The minimum atomic E-state index is -0.441. The van der Waals surface area contributed by atoms with Gasteiger partial charge < -0.3 is 19.7 Å². The molecule has 1 saturated heterocycles. The average molecular weight is 441 g/mol. The fraction of sp³-hybridized carbons (Fsp3) is 0.400. The zero-order valence-electron chi connectivity index (χ0n) is 18.0.